The SMILES string of the molecule is CCn1cccc1CNc1ccc(NC(=O)COC)cc1. The molecule has 21 heavy (non-hydrogen) atoms. The van der Waals surface area contributed by atoms with Crippen molar-refractivity contribution in [2.45, 2.75) is 20.0 Å². The summed E-state index contributed by atoms with van der Waals surface area (Å²) in [6.07, 6.45) is 2.07. The van der Waals surface area contributed by atoms with E-state index in [0.717, 1.165) is 24.5 Å². The van der Waals surface area contributed by atoms with Gasteiger partial charge in [0.25, 0.3) is 0 Å². The Morgan fingerprint density at radius 2 is 1.90 bits per heavy atom. The number of amides is 1. The van der Waals surface area contributed by atoms with E-state index < -0.39 is 0 Å². The van der Waals surface area contributed by atoms with Crippen molar-refractivity contribution >= 4 is 17.3 Å². The summed E-state index contributed by atoms with van der Waals surface area (Å²) >= 11 is 0. The Balaban J connectivity index is 1.89. The Bertz CT molecular complexity index is 575. The Kier molecular flexibility index (Phi) is 5.40. The van der Waals surface area contributed by atoms with E-state index in [1.54, 1.807) is 0 Å². The van der Waals surface area contributed by atoms with Crippen LogP contribution in [0.3, 0.4) is 0 Å². The third kappa shape index (κ3) is 4.36. The summed E-state index contributed by atoms with van der Waals surface area (Å²) in [7, 11) is 1.50. The number of carbonyl (C=O) groups is 1. The molecule has 0 saturated carbocycles. The fraction of sp³-hybridized carbons (Fsp3) is 0.312. The van der Waals surface area contributed by atoms with Gasteiger partial charge >= 0.3 is 0 Å². The summed E-state index contributed by atoms with van der Waals surface area (Å²) < 4.78 is 6.98. The molecule has 0 saturated heterocycles. The van der Waals surface area contributed by atoms with Crippen molar-refractivity contribution in [1.29, 1.82) is 0 Å². The van der Waals surface area contributed by atoms with Gasteiger partial charge in [-0.2, -0.15) is 0 Å². The van der Waals surface area contributed by atoms with Crippen LogP contribution in [-0.2, 0) is 22.6 Å². The Morgan fingerprint density at radius 1 is 1.19 bits per heavy atom. The molecule has 1 heterocycles. The number of aromatic nitrogens is 1. The highest BCUT2D eigenvalue weighted by Crippen LogP contribution is 2.15. The van der Waals surface area contributed by atoms with Gasteiger partial charge in [-0.05, 0) is 43.3 Å². The molecule has 0 atom stereocenters. The van der Waals surface area contributed by atoms with Crippen LogP contribution in [-0.4, -0.2) is 24.2 Å². The molecule has 2 aromatic rings. The number of hydrogen-bond acceptors (Lipinski definition) is 3. The number of nitrogens with one attached hydrogen (secondary N) is 2. The lowest BCUT2D eigenvalue weighted by atomic mass is 10.2. The van der Waals surface area contributed by atoms with Crippen molar-refractivity contribution in [3.05, 3.63) is 48.3 Å². The van der Waals surface area contributed by atoms with Gasteiger partial charge < -0.3 is 19.9 Å². The first-order valence-corrected chi connectivity index (χ1v) is 6.99. The van der Waals surface area contributed by atoms with E-state index in [9.17, 15) is 4.79 Å². The van der Waals surface area contributed by atoms with E-state index in [1.807, 2.05) is 24.3 Å². The molecular formula is C16H21N3O2. The van der Waals surface area contributed by atoms with Crippen LogP contribution < -0.4 is 10.6 Å². The molecule has 0 fully saturated rings. The number of anilines is 2. The molecule has 0 bridgehead atoms. The van der Waals surface area contributed by atoms with Crippen molar-refractivity contribution in [2.75, 3.05) is 24.4 Å². The van der Waals surface area contributed by atoms with Crippen LogP contribution >= 0.6 is 0 Å². The molecule has 0 aliphatic rings. The normalized spacial score (nSPS) is 10.4. The number of hydrogen-bond donors (Lipinski definition) is 2. The predicted octanol–water partition coefficient (Wildman–Crippen LogP) is 2.71. The van der Waals surface area contributed by atoms with Crippen molar-refractivity contribution in [3.8, 4) is 0 Å². The van der Waals surface area contributed by atoms with Gasteiger partial charge in [0.15, 0.2) is 0 Å². The van der Waals surface area contributed by atoms with E-state index in [2.05, 4.69) is 40.5 Å². The zero-order valence-corrected chi connectivity index (χ0v) is 12.4. The first-order valence-electron chi connectivity index (χ1n) is 6.99. The van der Waals surface area contributed by atoms with Crippen molar-refractivity contribution in [1.82, 2.24) is 4.57 Å². The largest absolute Gasteiger partial charge is 0.379 e. The second-order valence-corrected chi connectivity index (χ2v) is 4.70. The maximum Gasteiger partial charge on any atom is 0.250 e. The minimum absolute atomic E-state index is 0.0635. The maximum atomic E-state index is 11.4. The first-order chi connectivity index (χ1) is 10.2. The fourth-order valence-corrected chi connectivity index (χ4v) is 2.11. The minimum atomic E-state index is -0.154. The van der Waals surface area contributed by atoms with Gasteiger partial charge in [-0.25, -0.2) is 0 Å². The molecule has 1 aromatic carbocycles. The van der Waals surface area contributed by atoms with E-state index in [4.69, 9.17) is 4.74 Å². The van der Waals surface area contributed by atoms with E-state index in [-0.39, 0.29) is 12.5 Å². The third-order valence-corrected chi connectivity index (χ3v) is 3.18. The molecule has 112 valence electrons. The highest BCUT2D eigenvalue weighted by Gasteiger charge is 2.02. The molecular weight excluding hydrogens is 266 g/mol. The average molecular weight is 287 g/mol. The van der Waals surface area contributed by atoms with Crippen LogP contribution in [0.25, 0.3) is 0 Å². The molecule has 0 aliphatic heterocycles. The van der Waals surface area contributed by atoms with Gasteiger partial charge in [0.2, 0.25) is 5.91 Å². The van der Waals surface area contributed by atoms with E-state index in [1.165, 1.54) is 12.8 Å². The Morgan fingerprint density at radius 3 is 2.57 bits per heavy atom. The molecule has 0 unspecified atom stereocenters. The predicted molar refractivity (Wildman–Crippen MR) is 84.4 cm³/mol. The van der Waals surface area contributed by atoms with Crippen LogP contribution in [0.2, 0.25) is 0 Å². The van der Waals surface area contributed by atoms with Gasteiger partial charge in [-0.15, -0.1) is 0 Å². The second-order valence-electron chi connectivity index (χ2n) is 4.70. The molecule has 5 heteroatoms. The number of aryl methyl sites for hydroxylation is 1. The second kappa shape index (κ2) is 7.50. The summed E-state index contributed by atoms with van der Waals surface area (Å²) in [5.74, 6) is -0.154. The molecule has 2 N–H and O–H groups in total. The summed E-state index contributed by atoms with van der Waals surface area (Å²) in [6.45, 7) is 3.93. The lowest BCUT2D eigenvalue weighted by Crippen LogP contribution is -2.16. The third-order valence-electron chi connectivity index (χ3n) is 3.18. The van der Waals surface area contributed by atoms with Gasteiger partial charge in [0.1, 0.15) is 6.61 Å². The number of rotatable bonds is 7. The summed E-state index contributed by atoms with van der Waals surface area (Å²) in [5.41, 5.74) is 3.03. The summed E-state index contributed by atoms with van der Waals surface area (Å²) in [4.78, 5) is 11.4. The smallest absolute Gasteiger partial charge is 0.250 e. The van der Waals surface area contributed by atoms with Gasteiger partial charge in [-0.3, -0.25) is 4.79 Å². The molecule has 1 aromatic heterocycles. The summed E-state index contributed by atoms with van der Waals surface area (Å²) in [6, 6.07) is 11.8. The highest BCUT2D eigenvalue weighted by atomic mass is 16.5. The number of carbonyl (C=O) groups excluding carboxylic acids is 1. The lowest BCUT2D eigenvalue weighted by molar-refractivity contribution is -0.119. The lowest BCUT2D eigenvalue weighted by Gasteiger charge is -2.10. The Hall–Kier alpha value is -2.27. The van der Waals surface area contributed by atoms with Crippen LogP contribution in [0.15, 0.2) is 42.6 Å². The Labute approximate surface area is 124 Å². The number of methoxy groups -OCH3 is 1. The molecule has 1 amide bonds. The molecule has 5 nitrogen and oxygen atoms in total. The van der Waals surface area contributed by atoms with Crippen molar-refractivity contribution < 1.29 is 9.53 Å². The monoisotopic (exact) mass is 287 g/mol. The zero-order valence-electron chi connectivity index (χ0n) is 12.4. The van der Waals surface area contributed by atoms with Gasteiger partial charge in [0.05, 0.1) is 6.54 Å². The molecule has 0 radical (unpaired) electrons. The average Bonchev–Trinajstić information content (AvgIpc) is 2.94. The number of nitrogens with zero attached hydrogens (tertiary/aromatic N) is 1. The van der Waals surface area contributed by atoms with Gasteiger partial charge in [0, 0.05) is 36.9 Å². The number of benzene rings is 1. The van der Waals surface area contributed by atoms with Crippen LogP contribution in [0.4, 0.5) is 11.4 Å². The molecule has 2 rings (SSSR count). The standard InChI is InChI=1S/C16H21N3O2/c1-3-19-10-4-5-15(19)11-17-13-6-8-14(9-7-13)18-16(20)12-21-2/h4-10,17H,3,11-12H2,1-2H3,(H,18,20). The van der Waals surface area contributed by atoms with Crippen LogP contribution in [0, 0.1) is 0 Å². The van der Waals surface area contributed by atoms with Gasteiger partial charge in [-0.1, -0.05) is 0 Å². The number of ether oxygens (including phenoxy) is 1. The quantitative estimate of drug-likeness (QED) is 0.823. The molecule has 0 spiro atoms. The van der Waals surface area contributed by atoms with Crippen LogP contribution in [0.1, 0.15) is 12.6 Å². The van der Waals surface area contributed by atoms with Crippen molar-refractivity contribution in [2.24, 2.45) is 0 Å². The fourth-order valence-electron chi connectivity index (χ4n) is 2.11. The van der Waals surface area contributed by atoms with E-state index >= 15 is 0 Å². The minimum Gasteiger partial charge on any atom is -0.379 e. The van der Waals surface area contributed by atoms with Crippen molar-refractivity contribution in [3.63, 3.8) is 0 Å². The summed E-state index contributed by atoms with van der Waals surface area (Å²) in [5, 5.41) is 6.13. The highest BCUT2D eigenvalue weighted by molar-refractivity contribution is 5.91. The maximum absolute atomic E-state index is 11.4. The van der Waals surface area contributed by atoms with Crippen LogP contribution in [0.5, 0.6) is 0 Å². The zero-order chi connectivity index (χ0) is 15.1. The first kappa shape index (κ1) is 15.1. The topological polar surface area (TPSA) is 55.3 Å². The van der Waals surface area contributed by atoms with E-state index in [0.29, 0.717) is 0 Å². The molecule has 0 aliphatic carbocycles.